The van der Waals surface area contributed by atoms with Crippen LogP contribution < -0.4 is 0 Å². The maximum Gasteiger partial charge on any atom is 0.0594 e. The van der Waals surface area contributed by atoms with Gasteiger partial charge in [0.05, 0.1) is 13.2 Å². The number of allylic oxidation sites excluding steroid dienone is 4. The fraction of sp³-hybridized carbons (Fsp3) is 0.750. The summed E-state index contributed by atoms with van der Waals surface area (Å²) in [6.07, 6.45) is 30.3. The van der Waals surface area contributed by atoms with E-state index in [9.17, 15) is 0 Å². The van der Waals surface area contributed by atoms with Crippen molar-refractivity contribution in [2.75, 3.05) is 65.6 Å². The third kappa shape index (κ3) is 9.40. The van der Waals surface area contributed by atoms with E-state index in [1.165, 1.54) is 96.9 Å². The van der Waals surface area contributed by atoms with Crippen LogP contribution in [0.5, 0.6) is 0 Å². The third-order valence-electron chi connectivity index (χ3n) is 8.77. The number of terminal acetylenes is 1. The van der Waals surface area contributed by atoms with Gasteiger partial charge >= 0.3 is 0 Å². The van der Waals surface area contributed by atoms with Gasteiger partial charge < -0.3 is 9.64 Å². The average Bonchev–Trinajstić information content (AvgIpc) is 3.69. The van der Waals surface area contributed by atoms with Gasteiger partial charge in [-0.3, -0.25) is 9.80 Å². The molecule has 4 nitrogen and oxygen atoms in total. The molecule has 1 spiro atoms. The van der Waals surface area contributed by atoms with Gasteiger partial charge in [0, 0.05) is 57.9 Å². The first kappa shape index (κ1) is 29.0. The van der Waals surface area contributed by atoms with Crippen molar-refractivity contribution in [1.82, 2.24) is 14.7 Å². The zero-order chi connectivity index (χ0) is 25.6. The van der Waals surface area contributed by atoms with Crippen molar-refractivity contribution >= 4 is 0 Å². The van der Waals surface area contributed by atoms with E-state index in [0.29, 0.717) is 0 Å². The Morgan fingerprint density at radius 1 is 0.944 bits per heavy atom. The van der Waals surface area contributed by atoms with Crippen LogP contribution in [0.2, 0.25) is 0 Å². The predicted molar refractivity (Wildman–Crippen MR) is 154 cm³/mol. The molecule has 2 saturated heterocycles. The lowest BCUT2D eigenvalue weighted by atomic mass is 9.84. The van der Waals surface area contributed by atoms with Gasteiger partial charge in [-0.05, 0) is 69.4 Å². The van der Waals surface area contributed by atoms with Crippen LogP contribution in [0.15, 0.2) is 35.1 Å². The second kappa shape index (κ2) is 15.7. The number of rotatable bonds is 12. The summed E-state index contributed by atoms with van der Waals surface area (Å²) in [5, 5.41) is 0. The molecule has 4 heteroatoms. The van der Waals surface area contributed by atoms with Crippen LogP contribution in [0.1, 0.15) is 84.5 Å². The third-order valence-corrected chi connectivity index (χ3v) is 8.77. The van der Waals surface area contributed by atoms with Crippen molar-refractivity contribution in [2.45, 2.75) is 84.5 Å². The summed E-state index contributed by atoms with van der Waals surface area (Å²) in [5.41, 5.74) is 5.67. The molecule has 1 saturated carbocycles. The summed E-state index contributed by atoms with van der Waals surface area (Å²) >= 11 is 0. The minimum atomic E-state index is 0.736. The van der Waals surface area contributed by atoms with Crippen molar-refractivity contribution in [3.63, 3.8) is 0 Å². The molecule has 0 aromatic carbocycles. The maximum absolute atomic E-state index is 5.50. The second-order valence-electron chi connectivity index (χ2n) is 11.4. The van der Waals surface area contributed by atoms with Crippen molar-refractivity contribution in [3.05, 3.63) is 35.1 Å². The molecule has 0 atom stereocenters. The smallest absolute Gasteiger partial charge is 0.0594 e. The average molecular weight is 496 g/mol. The van der Waals surface area contributed by atoms with E-state index in [1.807, 2.05) is 0 Å². The van der Waals surface area contributed by atoms with E-state index in [0.717, 1.165) is 44.7 Å². The largest absolute Gasteiger partial charge is 0.379 e. The van der Waals surface area contributed by atoms with E-state index < -0.39 is 0 Å². The van der Waals surface area contributed by atoms with Crippen LogP contribution in [-0.4, -0.2) is 80.3 Å². The Morgan fingerprint density at radius 3 is 2.33 bits per heavy atom. The maximum atomic E-state index is 5.50. The molecule has 202 valence electrons. The Hall–Kier alpha value is -1.54. The highest BCUT2D eigenvalue weighted by molar-refractivity contribution is 5.24. The van der Waals surface area contributed by atoms with Crippen LogP contribution in [0.3, 0.4) is 0 Å². The molecule has 4 aliphatic rings. The van der Waals surface area contributed by atoms with Crippen molar-refractivity contribution < 1.29 is 4.74 Å². The molecule has 2 aliphatic carbocycles. The molecule has 3 fully saturated rings. The number of unbranched alkanes of at least 4 members (excludes halogenated alkanes) is 3. The molecule has 0 aromatic heterocycles. The van der Waals surface area contributed by atoms with E-state index >= 15 is 0 Å². The Kier molecular flexibility index (Phi) is 12.6. The quantitative estimate of drug-likeness (QED) is 0.180. The standard InChI is InChI=1S/C30H51N3O.C2H2/c1-3-4-5-7-16-31-18-20-33(21-19-31)29(9-6-8-17-32-22-24-34-25-23-32)27(2)26-28-10-12-30(13-11-28)14-15-30;1-2/h6,8,10H,3-5,7,9,11-26H2,1-2H3;1-2H/b8-6-,29-27-;. The van der Waals surface area contributed by atoms with Crippen molar-refractivity contribution in [1.29, 1.82) is 0 Å². The number of nitrogens with zero attached hydrogens (tertiary/aromatic N) is 3. The summed E-state index contributed by atoms with van der Waals surface area (Å²) in [6.45, 7) is 15.8. The zero-order valence-corrected chi connectivity index (χ0v) is 23.5. The lowest BCUT2D eigenvalue weighted by molar-refractivity contribution is 0.0434. The van der Waals surface area contributed by atoms with Gasteiger partial charge in [0.25, 0.3) is 0 Å². The fourth-order valence-corrected chi connectivity index (χ4v) is 6.00. The van der Waals surface area contributed by atoms with E-state index in [-0.39, 0.29) is 0 Å². The van der Waals surface area contributed by atoms with Gasteiger partial charge in [-0.15, -0.1) is 12.8 Å². The summed E-state index contributed by atoms with van der Waals surface area (Å²) in [5.74, 6) is 0. The van der Waals surface area contributed by atoms with Gasteiger partial charge in [0.2, 0.25) is 0 Å². The topological polar surface area (TPSA) is 19.0 Å². The van der Waals surface area contributed by atoms with E-state index in [2.05, 4.69) is 59.6 Å². The number of hydrogen-bond acceptors (Lipinski definition) is 4. The molecule has 0 bridgehead atoms. The SMILES string of the molecule is C#C.CCCCCCN1CCN(/C(C/C=C\CN2CCOCC2)=C(/C)CC2=CCC3(CC2)CC3)CC1. The van der Waals surface area contributed by atoms with Crippen molar-refractivity contribution in [3.8, 4) is 12.8 Å². The molecule has 0 N–H and O–H groups in total. The Labute approximate surface area is 222 Å². The summed E-state index contributed by atoms with van der Waals surface area (Å²) in [6, 6.07) is 0. The molecule has 0 radical (unpaired) electrons. The second-order valence-corrected chi connectivity index (χ2v) is 11.4. The van der Waals surface area contributed by atoms with Crippen LogP contribution in [0.4, 0.5) is 0 Å². The first-order valence-electron chi connectivity index (χ1n) is 14.8. The normalized spacial score (nSPS) is 23.2. The Balaban J connectivity index is 0.00000176. The van der Waals surface area contributed by atoms with E-state index in [1.54, 1.807) is 16.8 Å². The monoisotopic (exact) mass is 495 g/mol. The molecule has 4 rings (SSSR count). The molecular formula is C32H53N3O. The highest BCUT2D eigenvalue weighted by Gasteiger charge is 2.42. The van der Waals surface area contributed by atoms with Gasteiger partial charge in [-0.25, -0.2) is 0 Å². The minimum Gasteiger partial charge on any atom is -0.379 e. The Morgan fingerprint density at radius 2 is 1.69 bits per heavy atom. The summed E-state index contributed by atoms with van der Waals surface area (Å²) in [7, 11) is 0. The van der Waals surface area contributed by atoms with Gasteiger partial charge in [0.1, 0.15) is 0 Å². The number of ether oxygens (including phenoxy) is 1. The minimum absolute atomic E-state index is 0.736. The molecule has 2 heterocycles. The fourth-order valence-electron chi connectivity index (χ4n) is 6.00. The Bertz CT molecular complexity index is 747. The lowest BCUT2D eigenvalue weighted by Crippen LogP contribution is -2.46. The lowest BCUT2D eigenvalue weighted by Gasteiger charge is -2.38. The number of morpholine rings is 1. The van der Waals surface area contributed by atoms with Crippen molar-refractivity contribution in [2.24, 2.45) is 5.41 Å². The van der Waals surface area contributed by atoms with Gasteiger partial charge in [0.15, 0.2) is 0 Å². The van der Waals surface area contributed by atoms with Crippen LogP contribution in [0, 0.1) is 18.3 Å². The van der Waals surface area contributed by atoms with Crippen LogP contribution in [0.25, 0.3) is 0 Å². The first-order chi connectivity index (χ1) is 17.7. The molecule has 0 amide bonds. The molecule has 0 unspecified atom stereocenters. The molecule has 36 heavy (non-hydrogen) atoms. The first-order valence-corrected chi connectivity index (χ1v) is 14.8. The number of piperazine rings is 1. The molecular weight excluding hydrogens is 442 g/mol. The summed E-state index contributed by atoms with van der Waals surface area (Å²) < 4.78 is 5.50. The van der Waals surface area contributed by atoms with Gasteiger partial charge in [-0.1, -0.05) is 50.0 Å². The van der Waals surface area contributed by atoms with Crippen LogP contribution in [-0.2, 0) is 4.74 Å². The zero-order valence-electron chi connectivity index (χ0n) is 23.5. The van der Waals surface area contributed by atoms with E-state index in [4.69, 9.17) is 4.74 Å². The number of hydrogen-bond donors (Lipinski definition) is 0. The van der Waals surface area contributed by atoms with Crippen LogP contribution >= 0.6 is 0 Å². The highest BCUT2D eigenvalue weighted by Crippen LogP contribution is 2.55. The molecule has 2 aliphatic heterocycles. The van der Waals surface area contributed by atoms with Gasteiger partial charge in [-0.2, -0.15) is 0 Å². The predicted octanol–water partition coefficient (Wildman–Crippen LogP) is 6.27. The molecule has 0 aromatic rings. The summed E-state index contributed by atoms with van der Waals surface area (Å²) in [4.78, 5) is 7.93. The highest BCUT2D eigenvalue weighted by atomic mass is 16.5.